The van der Waals surface area contributed by atoms with Crippen LogP contribution in [0.15, 0.2) is 109 Å². The SMILES string of the molecule is C#C.CC1(C)C=CC(C(=O)NCCCCN)=C1.CCOC.CCOC(=O)Nc1cccc(C/C=C\Cc2cccc(CNC(C)(C)CCN)c2)c1.NC=O.O=CNCc1cccc(NC=O)c1. The molecule has 67 heavy (non-hydrogen) atoms. The highest BCUT2D eigenvalue weighted by molar-refractivity contribution is 5.97. The third-order valence-electron chi connectivity index (χ3n) is 9.08. The Bertz CT molecular complexity index is 1940. The lowest BCUT2D eigenvalue weighted by molar-refractivity contribution is -0.117. The molecule has 0 saturated heterocycles. The minimum absolute atomic E-state index is 0.0178. The molecule has 0 aliphatic heterocycles. The zero-order valence-electron chi connectivity index (χ0n) is 40.8. The van der Waals surface area contributed by atoms with Crippen molar-refractivity contribution in [2.24, 2.45) is 22.6 Å². The average Bonchev–Trinajstić information content (AvgIpc) is 3.69. The Morgan fingerprint density at radius 2 is 1.33 bits per heavy atom. The summed E-state index contributed by atoms with van der Waals surface area (Å²) in [7, 11) is 1.68. The number of unbranched alkanes of at least 4 members (excludes halogenated alkanes) is 1. The summed E-state index contributed by atoms with van der Waals surface area (Å²) in [5.41, 5.74) is 22.2. The molecule has 0 saturated carbocycles. The average molecular weight is 927 g/mol. The summed E-state index contributed by atoms with van der Waals surface area (Å²) in [5, 5.41) is 14.3. The highest BCUT2D eigenvalue weighted by atomic mass is 16.5. The van der Waals surface area contributed by atoms with Gasteiger partial charge in [0, 0.05) is 61.3 Å². The number of nitrogens with two attached hydrogens (primary N) is 3. The Balaban J connectivity index is 0. The maximum absolute atomic E-state index is 11.6. The Kier molecular flexibility index (Phi) is 37.1. The lowest BCUT2D eigenvalue weighted by atomic mass is 9.96. The van der Waals surface area contributed by atoms with E-state index in [9.17, 15) is 19.2 Å². The Morgan fingerprint density at radius 1 is 0.776 bits per heavy atom. The maximum Gasteiger partial charge on any atom is 0.411 e. The molecule has 15 nitrogen and oxygen atoms in total. The van der Waals surface area contributed by atoms with Crippen molar-refractivity contribution in [2.45, 2.75) is 92.3 Å². The number of ether oxygens (including phenoxy) is 2. The summed E-state index contributed by atoms with van der Waals surface area (Å²) in [6.45, 7) is 16.8. The van der Waals surface area contributed by atoms with Crippen LogP contribution in [-0.2, 0) is 54.6 Å². The summed E-state index contributed by atoms with van der Waals surface area (Å²) in [5.74, 6) is 0.0221. The molecule has 1 aliphatic rings. The number of rotatable bonds is 22. The summed E-state index contributed by atoms with van der Waals surface area (Å²) in [4.78, 5) is 51.9. The first-order valence-corrected chi connectivity index (χ1v) is 22.2. The number of terminal acetylenes is 1. The number of amides is 5. The first-order chi connectivity index (χ1) is 32.2. The number of allylic oxidation sites excluding steroid dienone is 4. The van der Waals surface area contributed by atoms with Crippen molar-refractivity contribution in [3.63, 3.8) is 0 Å². The van der Waals surface area contributed by atoms with Crippen LogP contribution in [0.1, 0.15) is 83.1 Å². The van der Waals surface area contributed by atoms with Crippen LogP contribution in [0.5, 0.6) is 0 Å². The van der Waals surface area contributed by atoms with E-state index in [-0.39, 0.29) is 23.3 Å². The molecule has 0 unspecified atom stereocenters. The molecule has 1 aliphatic carbocycles. The molecule has 368 valence electrons. The fourth-order valence-electron chi connectivity index (χ4n) is 5.67. The number of carbonyl (C=O) groups is 5. The molecule has 0 radical (unpaired) electrons. The first-order valence-electron chi connectivity index (χ1n) is 22.2. The fourth-order valence-corrected chi connectivity index (χ4v) is 5.67. The normalized spacial score (nSPS) is 11.5. The number of primary amides is 1. The van der Waals surface area contributed by atoms with Crippen molar-refractivity contribution >= 4 is 42.6 Å². The number of nitrogens with one attached hydrogen (secondary N) is 5. The van der Waals surface area contributed by atoms with E-state index in [0.717, 1.165) is 73.3 Å². The molecule has 4 rings (SSSR count). The number of carbonyl (C=O) groups excluding carboxylic acids is 5. The number of hydrogen-bond donors (Lipinski definition) is 8. The zero-order valence-corrected chi connectivity index (χ0v) is 40.8. The minimum atomic E-state index is -0.425. The van der Waals surface area contributed by atoms with Crippen LogP contribution in [-0.4, -0.2) is 76.7 Å². The first kappa shape index (κ1) is 62.5. The molecule has 11 N–H and O–H groups in total. The predicted molar refractivity (Wildman–Crippen MR) is 274 cm³/mol. The second kappa shape index (κ2) is 39.8. The Labute approximate surface area is 400 Å². The van der Waals surface area contributed by atoms with Crippen molar-refractivity contribution in [2.75, 3.05) is 50.6 Å². The molecule has 0 bridgehead atoms. The molecule has 3 aromatic carbocycles. The van der Waals surface area contributed by atoms with Gasteiger partial charge in [0.1, 0.15) is 0 Å². The Morgan fingerprint density at radius 3 is 1.85 bits per heavy atom. The molecule has 0 aromatic heterocycles. The van der Waals surface area contributed by atoms with E-state index in [4.69, 9.17) is 21.0 Å². The highest BCUT2D eigenvalue weighted by Gasteiger charge is 2.20. The van der Waals surface area contributed by atoms with Crippen molar-refractivity contribution in [1.29, 1.82) is 0 Å². The summed E-state index contributed by atoms with van der Waals surface area (Å²) in [6.07, 6.45) is 23.9. The van der Waals surface area contributed by atoms with Gasteiger partial charge in [-0.25, -0.2) is 4.79 Å². The molecule has 15 heteroatoms. The van der Waals surface area contributed by atoms with Crippen LogP contribution in [0.3, 0.4) is 0 Å². The second-order valence-corrected chi connectivity index (χ2v) is 15.7. The van der Waals surface area contributed by atoms with E-state index in [1.165, 1.54) is 11.1 Å². The fraction of sp³-hybridized carbons (Fsp3) is 0.404. The number of anilines is 2. The maximum atomic E-state index is 11.6. The molecule has 5 amide bonds. The van der Waals surface area contributed by atoms with Gasteiger partial charge in [-0.15, -0.1) is 12.8 Å². The van der Waals surface area contributed by atoms with E-state index < -0.39 is 6.09 Å². The van der Waals surface area contributed by atoms with E-state index >= 15 is 0 Å². The third-order valence-corrected chi connectivity index (χ3v) is 9.08. The van der Waals surface area contributed by atoms with Crippen molar-refractivity contribution in [1.82, 2.24) is 16.0 Å². The van der Waals surface area contributed by atoms with Crippen molar-refractivity contribution < 1.29 is 33.4 Å². The highest BCUT2D eigenvalue weighted by Crippen LogP contribution is 2.28. The summed E-state index contributed by atoms with van der Waals surface area (Å²) in [6, 6.07) is 23.7. The standard InChI is InChI=1S/C25H35N3O2.C12H20N2O.C9H10N2O2.C3H8O.C2H2.CH3NO/c1-4-30-24(29)28-23-14-8-12-21(18-23)10-6-5-9-20-11-7-13-22(17-20)19-27-25(2,3)15-16-26;1-12(2)6-5-10(9-12)11(15)14-8-4-3-7-13;12-6-10-5-8-2-1-3-9(4-8)11-7-13;1-3-4-2;1-2;2-1-3/h5-8,11-14,17-18,27H,4,9-10,15-16,19,26H2,1-3H3,(H,28,29);5-6,9H,3-4,7-8,13H2,1-2H3,(H,14,15);1-4,6-7H,5H2,(H,10,12)(H,11,13);3H2,1-2H3;1-2H;1H,(H2,2,3)/b6-5-;;;;;. The van der Waals surface area contributed by atoms with Gasteiger partial charge in [0.05, 0.1) is 6.61 Å². The molecule has 0 heterocycles. The smallest absolute Gasteiger partial charge is 0.411 e. The van der Waals surface area contributed by atoms with Gasteiger partial charge in [0.15, 0.2) is 0 Å². The summed E-state index contributed by atoms with van der Waals surface area (Å²) >= 11 is 0. The number of benzene rings is 3. The number of hydrogen-bond acceptors (Lipinski definition) is 10. The van der Waals surface area contributed by atoms with E-state index in [1.807, 2.05) is 55.5 Å². The van der Waals surface area contributed by atoms with Crippen LogP contribution in [0.25, 0.3) is 0 Å². The van der Waals surface area contributed by atoms with Gasteiger partial charge < -0.3 is 47.9 Å². The summed E-state index contributed by atoms with van der Waals surface area (Å²) < 4.78 is 9.46. The molecule has 0 fully saturated rings. The van der Waals surface area contributed by atoms with Gasteiger partial charge in [0.25, 0.3) is 5.91 Å². The lowest BCUT2D eigenvalue weighted by Gasteiger charge is -2.26. The van der Waals surface area contributed by atoms with Gasteiger partial charge >= 0.3 is 6.09 Å². The molecular weight excluding hydrogens is 849 g/mol. The van der Waals surface area contributed by atoms with Gasteiger partial charge in [-0.1, -0.05) is 92.8 Å². The second-order valence-electron chi connectivity index (χ2n) is 15.7. The van der Waals surface area contributed by atoms with Crippen molar-refractivity contribution in [3.05, 3.63) is 131 Å². The van der Waals surface area contributed by atoms with Gasteiger partial charge in [-0.2, -0.15) is 0 Å². The van der Waals surface area contributed by atoms with Crippen LogP contribution >= 0.6 is 0 Å². The van der Waals surface area contributed by atoms with Crippen LogP contribution in [0.4, 0.5) is 16.2 Å². The third kappa shape index (κ3) is 33.6. The van der Waals surface area contributed by atoms with Gasteiger partial charge in [-0.3, -0.25) is 24.5 Å². The number of methoxy groups -OCH3 is 1. The Hall–Kier alpha value is -6.57. The molecule has 0 atom stereocenters. The minimum Gasteiger partial charge on any atom is -0.450 e. The van der Waals surface area contributed by atoms with Gasteiger partial charge in [-0.05, 0) is 119 Å². The molecular formula is C52H78N8O7. The van der Waals surface area contributed by atoms with Crippen LogP contribution in [0, 0.1) is 18.3 Å². The molecule has 3 aromatic rings. The largest absolute Gasteiger partial charge is 0.450 e. The predicted octanol–water partition coefficient (Wildman–Crippen LogP) is 6.68. The van der Waals surface area contributed by atoms with E-state index in [2.05, 4.69) is 120 Å². The monoisotopic (exact) mass is 927 g/mol. The van der Waals surface area contributed by atoms with E-state index in [0.29, 0.717) is 45.6 Å². The van der Waals surface area contributed by atoms with Gasteiger partial charge in [0.2, 0.25) is 19.2 Å². The zero-order chi connectivity index (χ0) is 50.8. The van der Waals surface area contributed by atoms with E-state index in [1.54, 1.807) is 26.2 Å². The van der Waals surface area contributed by atoms with Crippen molar-refractivity contribution in [3.8, 4) is 12.8 Å². The lowest BCUT2D eigenvalue weighted by Crippen LogP contribution is -2.40. The van der Waals surface area contributed by atoms with Crippen LogP contribution in [0.2, 0.25) is 0 Å². The van der Waals surface area contributed by atoms with Crippen LogP contribution < -0.4 is 43.8 Å². The topological polar surface area (TPSA) is 242 Å². The molecule has 0 spiro atoms. The quantitative estimate of drug-likeness (QED) is 0.0230.